The van der Waals surface area contributed by atoms with E-state index in [1.54, 1.807) is 11.8 Å². The molecule has 2 saturated carbocycles. The highest BCUT2D eigenvalue weighted by molar-refractivity contribution is 7.91. The van der Waals surface area contributed by atoms with Crippen LogP contribution in [0.1, 0.15) is 97.5 Å². The molecule has 3 amide bonds. The molecule has 0 unspecified atom stereocenters. The zero-order chi connectivity index (χ0) is 30.3. The summed E-state index contributed by atoms with van der Waals surface area (Å²) in [6.07, 6.45) is 10.7. The summed E-state index contributed by atoms with van der Waals surface area (Å²) >= 11 is 0. The van der Waals surface area contributed by atoms with E-state index in [1.165, 1.54) is 5.56 Å². The number of hydrogen-bond donors (Lipinski definition) is 3. The first-order chi connectivity index (χ1) is 19.8. The molecule has 0 spiro atoms. The van der Waals surface area contributed by atoms with Gasteiger partial charge in [-0.2, -0.15) is 0 Å². The summed E-state index contributed by atoms with van der Waals surface area (Å²) in [5.74, 6) is -1.48. The van der Waals surface area contributed by atoms with Crippen LogP contribution in [0.5, 0.6) is 0 Å². The van der Waals surface area contributed by atoms with Crippen LogP contribution >= 0.6 is 0 Å². The van der Waals surface area contributed by atoms with Crippen LogP contribution in [0.3, 0.4) is 0 Å². The Morgan fingerprint density at radius 2 is 1.83 bits per heavy atom. The standard InChI is InChI=1S/C32H46N4O5S/c1-30(2,3)22-13-10-14-24(20-22)33-25-15-9-7-5-6-8-12-23-21-32(23,29(39)35-42(40,41)31(4)17-18-31)34-27(37)26-16-11-19-36(26)28(25)38/h8,10,12-14,20,23,25-26,33H,5-7,9,11,15-19,21H2,1-4H3,(H,34,37)(H,35,39)/b12-8-/t23-,25+,26+,32-/m1/s1. The van der Waals surface area contributed by atoms with Crippen molar-refractivity contribution in [3.8, 4) is 0 Å². The number of carbonyl (C=O) groups excluding carboxylic acids is 3. The zero-order valence-corrected chi connectivity index (χ0v) is 26.2. The Morgan fingerprint density at radius 3 is 2.55 bits per heavy atom. The maximum absolute atomic E-state index is 14.0. The number of benzene rings is 1. The molecule has 5 rings (SSSR count). The molecule has 3 fully saturated rings. The van der Waals surface area contributed by atoms with E-state index in [1.807, 2.05) is 24.3 Å². The van der Waals surface area contributed by atoms with E-state index in [-0.39, 0.29) is 17.2 Å². The number of nitrogens with zero attached hydrogens (tertiary/aromatic N) is 1. The summed E-state index contributed by atoms with van der Waals surface area (Å²) in [5, 5.41) is 6.41. The van der Waals surface area contributed by atoms with E-state index < -0.39 is 44.2 Å². The quantitative estimate of drug-likeness (QED) is 0.438. The van der Waals surface area contributed by atoms with Gasteiger partial charge in [0.1, 0.15) is 17.6 Å². The zero-order valence-electron chi connectivity index (χ0n) is 25.4. The minimum absolute atomic E-state index is 0.0340. The molecule has 1 aromatic rings. The molecule has 1 saturated heterocycles. The van der Waals surface area contributed by atoms with Crippen molar-refractivity contribution >= 4 is 33.4 Å². The third-order valence-corrected chi connectivity index (χ3v) is 11.7. The Labute approximate surface area is 250 Å². The van der Waals surface area contributed by atoms with E-state index in [9.17, 15) is 22.8 Å². The van der Waals surface area contributed by atoms with Crippen molar-refractivity contribution in [2.45, 2.75) is 120 Å². The van der Waals surface area contributed by atoms with Crippen LogP contribution in [-0.4, -0.2) is 60.0 Å². The smallest absolute Gasteiger partial charge is 0.259 e. The van der Waals surface area contributed by atoms with Gasteiger partial charge in [0.05, 0.1) is 4.75 Å². The third-order valence-electron chi connectivity index (χ3n) is 9.53. The first-order valence-electron chi connectivity index (χ1n) is 15.5. The molecule has 9 nitrogen and oxygen atoms in total. The Balaban J connectivity index is 1.38. The Bertz CT molecular complexity index is 1360. The molecule has 0 bridgehead atoms. The lowest BCUT2D eigenvalue weighted by Crippen LogP contribution is -2.58. The number of anilines is 1. The topological polar surface area (TPSA) is 125 Å². The minimum atomic E-state index is -3.85. The molecule has 2 aliphatic heterocycles. The molecule has 4 aliphatic rings. The number of nitrogens with one attached hydrogen (secondary N) is 3. The van der Waals surface area contributed by atoms with Gasteiger partial charge in [-0.3, -0.25) is 19.1 Å². The molecule has 4 atom stereocenters. The molecule has 2 heterocycles. The van der Waals surface area contributed by atoms with E-state index in [4.69, 9.17) is 0 Å². The van der Waals surface area contributed by atoms with Gasteiger partial charge in [0.25, 0.3) is 5.91 Å². The summed E-state index contributed by atoms with van der Waals surface area (Å²) in [6, 6.07) is 6.96. The minimum Gasteiger partial charge on any atom is -0.374 e. The van der Waals surface area contributed by atoms with Gasteiger partial charge in [0.2, 0.25) is 21.8 Å². The van der Waals surface area contributed by atoms with Crippen LogP contribution in [0.2, 0.25) is 0 Å². The Kier molecular flexibility index (Phi) is 8.24. The van der Waals surface area contributed by atoms with Gasteiger partial charge in [-0.05, 0) is 81.4 Å². The molecule has 1 aromatic carbocycles. The highest BCUT2D eigenvalue weighted by Gasteiger charge is 2.62. The second-order valence-corrected chi connectivity index (χ2v) is 16.1. The van der Waals surface area contributed by atoms with Gasteiger partial charge in [0.15, 0.2) is 0 Å². The summed E-state index contributed by atoms with van der Waals surface area (Å²) in [7, 11) is -3.85. The molecule has 3 N–H and O–H groups in total. The second kappa shape index (κ2) is 11.3. The maximum atomic E-state index is 14.0. The monoisotopic (exact) mass is 598 g/mol. The van der Waals surface area contributed by atoms with Crippen molar-refractivity contribution in [3.63, 3.8) is 0 Å². The average molecular weight is 599 g/mol. The van der Waals surface area contributed by atoms with Crippen LogP contribution in [0.4, 0.5) is 5.69 Å². The lowest BCUT2D eigenvalue weighted by Gasteiger charge is -2.31. The van der Waals surface area contributed by atoms with Gasteiger partial charge in [0, 0.05) is 18.2 Å². The van der Waals surface area contributed by atoms with Gasteiger partial charge in [-0.25, -0.2) is 8.42 Å². The van der Waals surface area contributed by atoms with Crippen LogP contribution in [0, 0.1) is 5.92 Å². The van der Waals surface area contributed by atoms with Crippen molar-refractivity contribution in [1.82, 2.24) is 14.9 Å². The molecule has 10 heteroatoms. The maximum Gasteiger partial charge on any atom is 0.259 e. The SMILES string of the molecule is CC(C)(C)c1cccc(N[C@H]2CCCCC/C=C\[C@@H]3C[C@@]3(C(=O)NS(=O)(=O)C3(C)CC3)NC(=O)[C@@H]3CCCN3C2=O)c1. The normalized spacial score (nSPS) is 30.6. The van der Waals surface area contributed by atoms with E-state index in [0.717, 1.165) is 31.4 Å². The van der Waals surface area contributed by atoms with E-state index in [2.05, 4.69) is 48.3 Å². The first kappa shape index (κ1) is 30.6. The van der Waals surface area contributed by atoms with Crippen molar-refractivity contribution in [3.05, 3.63) is 42.0 Å². The number of sulfonamides is 1. The Hall–Kier alpha value is -2.88. The lowest BCUT2D eigenvalue weighted by molar-refractivity contribution is -0.140. The second-order valence-electron chi connectivity index (χ2n) is 13.9. The van der Waals surface area contributed by atoms with Crippen molar-refractivity contribution in [1.29, 1.82) is 0 Å². The lowest BCUT2D eigenvalue weighted by atomic mass is 9.87. The van der Waals surface area contributed by atoms with E-state index >= 15 is 0 Å². The number of carbonyl (C=O) groups is 3. The molecule has 230 valence electrons. The number of hydrogen-bond acceptors (Lipinski definition) is 6. The van der Waals surface area contributed by atoms with Crippen molar-refractivity contribution in [2.75, 3.05) is 11.9 Å². The summed E-state index contributed by atoms with van der Waals surface area (Å²) in [6.45, 7) is 8.56. The van der Waals surface area contributed by atoms with Crippen molar-refractivity contribution < 1.29 is 22.8 Å². The number of rotatable bonds is 5. The highest BCUT2D eigenvalue weighted by atomic mass is 32.2. The number of allylic oxidation sites excluding steroid dienone is 1. The number of amides is 3. The third kappa shape index (κ3) is 6.24. The predicted octanol–water partition coefficient (Wildman–Crippen LogP) is 4.15. The van der Waals surface area contributed by atoms with Crippen molar-refractivity contribution in [2.24, 2.45) is 5.92 Å². The fraction of sp³-hybridized carbons (Fsp3) is 0.656. The molecular formula is C32H46N4O5S. The predicted molar refractivity (Wildman–Crippen MR) is 163 cm³/mol. The van der Waals surface area contributed by atoms with Crippen LogP contribution in [0.25, 0.3) is 0 Å². The summed E-state index contributed by atoms with van der Waals surface area (Å²) in [4.78, 5) is 42.9. The first-order valence-corrected chi connectivity index (χ1v) is 17.0. The summed E-state index contributed by atoms with van der Waals surface area (Å²) < 4.78 is 27.1. The highest BCUT2D eigenvalue weighted by Crippen LogP contribution is 2.47. The molecule has 0 radical (unpaired) electrons. The van der Waals surface area contributed by atoms with Gasteiger partial charge in [-0.1, -0.05) is 57.9 Å². The van der Waals surface area contributed by atoms with Crippen LogP contribution in [0.15, 0.2) is 36.4 Å². The average Bonchev–Trinajstić information content (AvgIpc) is 3.78. The molecule has 2 aliphatic carbocycles. The molecule has 42 heavy (non-hydrogen) atoms. The van der Waals surface area contributed by atoms with E-state index in [0.29, 0.717) is 45.1 Å². The van der Waals surface area contributed by atoms with Gasteiger partial charge < -0.3 is 15.5 Å². The summed E-state index contributed by atoms with van der Waals surface area (Å²) in [5.41, 5.74) is 0.689. The van der Waals surface area contributed by atoms with Gasteiger partial charge >= 0.3 is 0 Å². The van der Waals surface area contributed by atoms with Crippen LogP contribution < -0.4 is 15.4 Å². The number of fused-ring (bicyclic) bond motifs is 2. The van der Waals surface area contributed by atoms with Gasteiger partial charge in [-0.15, -0.1) is 0 Å². The molecular weight excluding hydrogens is 552 g/mol. The molecule has 0 aromatic heterocycles. The van der Waals surface area contributed by atoms with Crippen LogP contribution in [-0.2, 0) is 29.8 Å². The largest absolute Gasteiger partial charge is 0.374 e. The fourth-order valence-corrected chi connectivity index (χ4v) is 7.46. The Morgan fingerprint density at radius 1 is 1.07 bits per heavy atom. The fourth-order valence-electron chi connectivity index (χ4n) is 6.15.